The lowest BCUT2D eigenvalue weighted by Gasteiger charge is -2.61. The van der Waals surface area contributed by atoms with Crippen LogP contribution < -0.4 is 0 Å². The Morgan fingerprint density at radius 1 is 1.23 bits per heavy atom. The van der Waals surface area contributed by atoms with E-state index in [0.29, 0.717) is 12.5 Å². The van der Waals surface area contributed by atoms with E-state index in [2.05, 4.69) is 34.6 Å². The van der Waals surface area contributed by atoms with Gasteiger partial charge >= 0.3 is 5.97 Å². The summed E-state index contributed by atoms with van der Waals surface area (Å²) in [6.07, 6.45) is 2.70. The van der Waals surface area contributed by atoms with Gasteiger partial charge in [0.1, 0.15) is 0 Å². The van der Waals surface area contributed by atoms with E-state index in [4.69, 9.17) is 14.4 Å². The fourth-order valence-corrected chi connectivity index (χ4v) is 4.78. The molecule has 0 N–H and O–H groups in total. The molecule has 3 rings (SSSR count). The van der Waals surface area contributed by atoms with Crippen LogP contribution in [0.25, 0.3) is 0 Å². The molecule has 0 unspecified atom stereocenters. The molecule has 0 aromatic carbocycles. The van der Waals surface area contributed by atoms with Gasteiger partial charge < -0.3 is 4.74 Å². The number of nitrogens with zero attached hydrogens (tertiary/aromatic N) is 1. The Labute approximate surface area is 133 Å². The second-order valence-corrected chi connectivity index (χ2v) is 8.17. The van der Waals surface area contributed by atoms with Gasteiger partial charge in [-0.25, -0.2) is 4.79 Å². The van der Waals surface area contributed by atoms with Crippen molar-refractivity contribution in [2.45, 2.75) is 78.0 Å². The van der Waals surface area contributed by atoms with E-state index in [0.717, 1.165) is 19.3 Å². The van der Waals surface area contributed by atoms with E-state index >= 15 is 0 Å². The summed E-state index contributed by atoms with van der Waals surface area (Å²) < 4.78 is 5.23. The highest BCUT2D eigenvalue weighted by Crippen LogP contribution is 2.62. The van der Waals surface area contributed by atoms with Crippen LogP contribution in [0.2, 0.25) is 0 Å². The van der Waals surface area contributed by atoms with Crippen molar-refractivity contribution >= 4 is 5.97 Å². The first-order valence-corrected chi connectivity index (χ1v) is 8.49. The number of ether oxygens (including phenoxy) is 1. The van der Waals surface area contributed by atoms with Gasteiger partial charge in [0.05, 0.1) is 17.7 Å². The maximum Gasteiger partial charge on any atom is 0.337 e. The summed E-state index contributed by atoms with van der Waals surface area (Å²) in [5.41, 5.74) is -0.610. The fraction of sp³-hybridized carbons (Fsp3) is 0.941. The Morgan fingerprint density at radius 3 is 2.55 bits per heavy atom. The van der Waals surface area contributed by atoms with Crippen LogP contribution in [0, 0.1) is 17.3 Å². The lowest BCUT2D eigenvalue weighted by Crippen LogP contribution is -2.68. The van der Waals surface area contributed by atoms with Crippen LogP contribution in [-0.2, 0) is 19.2 Å². The predicted octanol–water partition coefficient (Wildman–Crippen LogP) is 3.09. The van der Waals surface area contributed by atoms with E-state index in [1.807, 2.05) is 6.92 Å². The molecule has 0 amide bonds. The molecule has 0 radical (unpaired) electrons. The van der Waals surface area contributed by atoms with E-state index in [-0.39, 0.29) is 28.4 Å². The van der Waals surface area contributed by atoms with Crippen molar-refractivity contribution in [2.24, 2.45) is 17.3 Å². The zero-order valence-corrected chi connectivity index (χ0v) is 14.6. The number of esters is 1. The molecule has 0 aromatic heterocycles. The minimum atomic E-state index is -0.544. The van der Waals surface area contributed by atoms with E-state index < -0.39 is 6.10 Å². The molecule has 4 atom stereocenters. The van der Waals surface area contributed by atoms with Crippen LogP contribution in [-0.4, -0.2) is 35.0 Å². The third-order valence-electron chi connectivity index (χ3n) is 6.69. The van der Waals surface area contributed by atoms with Gasteiger partial charge in [0.25, 0.3) is 0 Å². The molecule has 3 aliphatic rings. The summed E-state index contributed by atoms with van der Waals surface area (Å²) in [4.78, 5) is 24.5. The van der Waals surface area contributed by atoms with Crippen molar-refractivity contribution in [1.29, 1.82) is 0 Å². The first-order chi connectivity index (χ1) is 10.2. The minimum absolute atomic E-state index is 0.00380. The highest BCUT2D eigenvalue weighted by atomic mass is 17.0. The van der Waals surface area contributed by atoms with Gasteiger partial charge in [0.15, 0.2) is 6.10 Å². The zero-order chi connectivity index (χ0) is 16.3. The van der Waals surface area contributed by atoms with Gasteiger partial charge in [-0.15, -0.1) is 0 Å². The summed E-state index contributed by atoms with van der Waals surface area (Å²) in [6, 6.07) is 0. The molecular weight excluding hydrogens is 282 g/mol. The summed E-state index contributed by atoms with van der Waals surface area (Å²) in [5.74, 6) is 0.283. The molecule has 0 bridgehead atoms. The normalized spacial score (nSPS) is 42.7. The predicted molar refractivity (Wildman–Crippen MR) is 81.5 cm³/mol. The first-order valence-electron chi connectivity index (χ1n) is 8.49. The number of hydrogen-bond donors (Lipinski definition) is 0. The largest absolute Gasteiger partial charge is 0.464 e. The molecule has 3 fully saturated rings. The maximum atomic E-state index is 12.3. The SMILES string of the molecule is CCOC(=O)[C@H]1ON2OC(C)(C)C(C)(C)[C@@H]3CCC[C@@H]1[C@@]32C. The average Bonchev–Trinajstić information content (AvgIpc) is 2.70. The van der Waals surface area contributed by atoms with Crippen molar-refractivity contribution in [2.75, 3.05) is 6.61 Å². The number of carbonyl (C=O) groups is 1. The Kier molecular flexibility index (Phi) is 3.63. The number of rotatable bonds is 2. The van der Waals surface area contributed by atoms with E-state index in [1.165, 1.54) is 0 Å². The summed E-state index contributed by atoms with van der Waals surface area (Å²) in [5, 5.41) is 1.65. The molecule has 22 heavy (non-hydrogen) atoms. The number of hydroxylamine groups is 2. The standard InChI is InChI=1S/C17H29NO4/c1-7-20-14(19)13-11-9-8-10-12-15(2,3)16(4,5)22-18(21-13)17(11,12)6/h11-13H,7-10H2,1-6H3/t11-,12-,13-,17-/m0/s1. The lowest BCUT2D eigenvalue weighted by molar-refractivity contribution is -0.472. The van der Waals surface area contributed by atoms with Crippen molar-refractivity contribution in [3.8, 4) is 0 Å². The molecule has 2 aliphatic heterocycles. The molecule has 5 heteroatoms. The quantitative estimate of drug-likeness (QED) is 0.733. The topological polar surface area (TPSA) is 48.0 Å². The number of carbonyl (C=O) groups excluding carboxylic acids is 1. The van der Waals surface area contributed by atoms with Crippen LogP contribution in [0.15, 0.2) is 0 Å². The van der Waals surface area contributed by atoms with E-state index in [1.54, 1.807) is 5.23 Å². The molecule has 1 saturated carbocycles. The molecular formula is C17H29NO4. The van der Waals surface area contributed by atoms with Crippen LogP contribution in [0.4, 0.5) is 0 Å². The van der Waals surface area contributed by atoms with Gasteiger partial charge in [-0.2, -0.15) is 0 Å². The van der Waals surface area contributed by atoms with Crippen LogP contribution in [0.1, 0.15) is 60.8 Å². The monoisotopic (exact) mass is 311 g/mol. The van der Waals surface area contributed by atoms with Gasteiger partial charge in [0.2, 0.25) is 0 Å². The maximum absolute atomic E-state index is 12.3. The second-order valence-electron chi connectivity index (χ2n) is 8.17. The molecule has 2 heterocycles. The van der Waals surface area contributed by atoms with Gasteiger partial charge in [0, 0.05) is 11.3 Å². The Balaban J connectivity index is 2.00. The number of hydrogen-bond acceptors (Lipinski definition) is 5. The highest BCUT2D eigenvalue weighted by molar-refractivity contribution is 5.75. The fourth-order valence-electron chi connectivity index (χ4n) is 4.78. The molecule has 0 spiro atoms. The summed E-state index contributed by atoms with van der Waals surface area (Å²) in [7, 11) is 0. The minimum Gasteiger partial charge on any atom is -0.464 e. The smallest absolute Gasteiger partial charge is 0.337 e. The Bertz CT molecular complexity index is 475. The molecule has 126 valence electrons. The van der Waals surface area contributed by atoms with Crippen LogP contribution in [0.5, 0.6) is 0 Å². The second kappa shape index (κ2) is 4.92. The molecule has 1 aliphatic carbocycles. The first kappa shape index (κ1) is 16.2. The Hall–Kier alpha value is -0.650. The molecule has 5 nitrogen and oxygen atoms in total. The van der Waals surface area contributed by atoms with Crippen LogP contribution >= 0.6 is 0 Å². The lowest BCUT2D eigenvalue weighted by atomic mass is 9.53. The van der Waals surface area contributed by atoms with Crippen LogP contribution in [0.3, 0.4) is 0 Å². The van der Waals surface area contributed by atoms with Gasteiger partial charge in [-0.05, 0) is 46.5 Å². The Morgan fingerprint density at radius 2 is 1.91 bits per heavy atom. The summed E-state index contributed by atoms with van der Waals surface area (Å²) >= 11 is 0. The van der Waals surface area contributed by atoms with Crippen molar-refractivity contribution in [3.63, 3.8) is 0 Å². The van der Waals surface area contributed by atoms with E-state index in [9.17, 15) is 4.79 Å². The third-order valence-corrected chi connectivity index (χ3v) is 6.69. The van der Waals surface area contributed by atoms with Gasteiger partial charge in [-0.3, -0.25) is 9.68 Å². The van der Waals surface area contributed by atoms with Crippen molar-refractivity contribution in [3.05, 3.63) is 0 Å². The van der Waals surface area contributed by atoms with Crippen molar-refractivity contribution < 1.29 is 19.2 Å². The summed E-state index contributed by atoms with van der Waals surface area (Å²) in [6.45, 7) is 13.2. The van der Waals surface area contributed by atoms with Crippen molar-refractivity contribution in [1.82, 2.24) is 5.23 Å². The highest BCUT2D eigenvalue weighted by Gasteiger charge is 2.69. The molecule has 0 aromatic rings. The average molecular weight is 311 g/mol. The third kappa shape index (κ3) is 1.91. The molecule has 2 saturated heterocycles. The zero-order valence-electron chi connectivity index (χ0n) is 14.6. The van der Waals surface area contributed by atoms with Gasteiger partial charge in [-0.1, -0.05) is 25.5 Å².